The molecule has 1 N–H and O–H groups in total. The summed E-state index contributed by atoms with van der Waals surface area (Å²) >= 11 is 0. The number of rotatable bonds is 4. The lowest BCUT2D eigenvalue weighted by Crippen LogP contribution is -2.45. The van der Waals surface area contributed by atoms with Crippen LogP contribution in [0, 0.1) is 5.89 Å². The molecule has 0 bridgehead atoms. The zero-order chi connectivity index (χ0) is 29.7. The van der Waals surface area contributed by atoms with Crippen LogP contribution in [-0.2, 0) is 6.42 Å². The smallest absolute Gasteiger partial charge is 0.127 e. The molecular weight excluding hydrogens is 284 g/mol. The average Bonchev–Trinajstić information content (AvgIpc) is 2.77. The van der Waals surface area contributed by atoms with Crippen LogP contribution >= 0.6 is 0 Å². The number of ether oxygens (including phenoxy) is 1. The number of aromatic hydroxyl groups is 1. The molecule has 0 saturated heterocycles. The van der Waals surface area contributed by atoms with Crippen molar-refractivity contribution < 1.29 is 30.4 Å². The van der Waals surface area contributed by atoms with E-state index in [1.807, 2.05) is 6.92 Å². The van der Waals surface area contributed by atoms with Crippen LogP contribution in [0.3, 0.4) is 0 Å². The van der Waals surface area contributed by atoms with Crippen molar-refractivity contribution in [1.82, 2.24) is 0 Å². The molecule has 0 aromatic heterocycles. The second-order valence-corrected chi connectivity index (χ2v) is 5.77. The van der Waals surface area contributed by atoms with Gasteiger partial charge in [-0.2, -0.15) is 0 Å². The second-order valence-electron chi connectivity index (χ2n) is 5.77. The summed E-state index contributed by atoms with van der Waals surface area (Å²) in [4.78, 5) is 0. The average molecular weight is 330 g/mol. The van der Waals surface area contributed by atoms with Crippen LogP contribution < -0.4 is 4.74 Å². The summed E-state index contributed by atoms with van der Waals surface area (Å²) in [6, 6.07) is -2.56. The van der Waals surface area contributed by atoms with Crippen LogP contribution in [0.2, 0.25) is 0 Å². The van der Waals surface area contributed by atoms with Gasteiger partial charge in [-0.05, 0) is 63.9 Å². The standard InChI is InChI=1S/C21H30O2/c1-5-6-7-8-15-12-18(22)20-16-11-14(2)9-10-17(16)21(3,4)23-19(20)13-15/h11-13,16-17,22H,5-10H2,1-4H3/t16-,17-/m1/s1/i3D3,4D3,9D2,10D2,11D,12D,13D,16D,17D. The highest BCUT2D eigenvalue weighted by atomic mass is 16.5. The number of allylic oxidation sites excluding steroid dienone is 2. The minimum Gasteiger partial charge on any atom is -0.507 e. The van der Waals surface area contributed by atoms with E-state index in [2.05, 4.69) is 0 Å². The van der Waals surface area contributed by atoms with Crippen molar-refractivity contribution in [2.45, 2.75) is 77.5 Å². The van der Waals surface area contributed by atoms with Gasteiger partial charge in [0, 0.05) is 33.8 Å². The highest BCUT2D eigenvalue weighted by Crippen LogP contribution is 2.53. The Morgan fingerprint density at radius 2 is 2.30 bits per heavy atom. The van der Waals surface area contributed by atoms with Gasteiger partial charge in [0.1, 0.15) is 17.1 Å². The van der Waals surface area contributed by atoms with Crippen LogP contribution in [0.5, 0.6) is 11.5 Å². The van der Waals surface area contributed by atoms with Gasteiger partial charge in [-0.25, -0.2) is 0 Å². The number of hydrogen-bond donors (Lipinski definition) is 1. The Kier molecular flexibility index (Phi) is 1.66. The minimum atomic E-state index is -3.97. The molecule has 1 aliphatic carbocycles. The lowest BCUT2D eigenvalue weighted by Gasteiger charge is -2.46. The van der Waals surface area contributed by atoms with E-state index in [-0.39, 0.29) is 12.0 Å². The molecule has 3 rings (SSSR count). The Morgan fingerprint density at radius 1 is 1.48 bits per heavy atom. The molecule has 2 heteroatoms. The van der Waals surface area contributed by atoms with E-state index in [0.717, 1.165) is 13.3 Å². The minimum absolute atomic E-state index is 0.0350. The molecule has 1 aromatic rings. The zero-order valence-corrected chi connectivity index (χ0v) is 13.2. The van der Waals surface area contributed by atoms with E-state index >= 15 is 0 Å². The molecule has 0 fully saturated rings. The normalized spacial score (nSPS) is 47.0. The van der Waals surface area contributed by atoms with Crippen LogP contribution in [-0.4, -0.2) is 10.7 Å². The maximum atomic E-state index is 11.1. The quantitative estimate of drug-likeness (QED) is 0.564. The molecule has 1 heterocycles. The third-order valence-corrected chi connectivity index (χ3v) is 3.82. The van der Waals surface area contributed by atoms with Gasteiger partial charge < -0.3 is 9.84 Å². The van der Waals surface area contributed by atoms with Crippen LogP contribution in [0.4, 0.5) is 0 Å². The molecule has 0 amide bonds. The van der Waals surface area contributed by atoms with Gasteiger partial charge in [0.2, 0.25) is 0 Å². The van der Waals surface area contributed by atoms with Gasteiger partial charge in [-0.15, -0.1) is 0 Å². The number of fused-ring (bicyclic) bond motifs is 3. The molecule has 23 heavy (non-hydrogen) atoms. The summed E-state index contributed by atoms with van der Waals surface area (Å²) in [6.07, 6.45) is -5.23. The van der Waals surface area contributed by atoms with Gasteiger partial charge in [0.15, 0.2) is 0 Å². The van der Waals surface area contributed by atoms with Crippen LogP contribution in [0.25, 0.3) is 0 Å². The highest BCUT2D eigenvalue weighted by molar-refractivity contribution is 5.53. The Hall–Kier alpha value is -1.44. The number of phenolic OH excluding ortho intramolecular Hbond substituents is 1. The van der Waals surface area contributed by atoms with Crippen molar-refractivity contribution in [3.8, 4) is 11.5 Å². The van der Waals surface area contributed by atoms with E-state index in [1.54, 1.807) is 0 Å². The summed E-state index contributed by atoms with van der Waals surface area (Å²) in [5, 5.41) is 11.1. The van der Waals surface area contributed by atoms with E-state index in [9.17, 15) is 7.85 Å². The lowest BCUT2D eigenvalue weighted by molar-refractivity contribution is 0.0107. The zero-order valence-electron chi connectivity index (χ0n) is 28.2. The summed E-state index contributed by atoms with van der Waals surface area (Å²) in [6.45, 7) is -5.00. The molecule has 0 unspecified atom stereocenters. The fraction of sp³-hybridized carbons (Fsp3) is 0.619. The van der Waals surface area contributed by atoms with Gasteiger partial charge >= 0.3 is 0 Å². The molecule has 2 aliphatic rings. The van der Waals surface area contributed by atoms with Gasteiger partial charge in [-0.3, -0.25) is 0 Å². The number of hydrogen-bond acceptors (Lipinski definition) is 2. The largest absolute Gasteiger partial charge is 0.507 e. The van der Waals surface area contributed by atoms with Crippen molar-refractivity contribution in [3.05, 3.63) is 34.8 Å². The molecule has 126 valence electrons. The van der Waals surface area contributed by atoms with Gasteiger partial charge in [0.25, 0.3) is 0 Å². The summed E-state index contributed by atoms with van der Waals surface area (Å²) in [5.41, 5.74) is -5.82. The lowest BCUT2D eigenvalue weighted by atomic mass is 9.68. The van der Waals surface area contributed by atoms with E-state index in [1.165, 1.54) is 0 Å². The third-order valence-electron chi connectivity index (χ3n) is 3.82. The third kappa shape index (κ3) is 3.13. The molecule has 2 nitrogen and oxygen atoms in total. The predicted molar refractivity (Wildman–Crippen MR) is 95.3 cm³/mol. The van der Waals surface area contributed by atoms with Crippen molar-refractivity contribution in [1.29, 1.82) is 0 Å². The maximum Gasteiger partial charge on any atom is 0.127 e. The van der Waals surface area contributed by atoms with Crippen LogP contribution in [0.15, 0.2) is 23.7 Å². The van der Waals surface area contributed by atoms with Gasteiger partial charge in [0.05, 0.1) is 4.11 Å². The Balaban J connectivity index is 2.70. The maximum absolute atomic E-state index is 11.1. The molecule has 2 atom stereocenters. The number of benzene rings is 1. The van der Waals surface area contributed by atoms with Crippen molar-refractivity contribution in [2.24, 2.45) is 5.89 Å². The molecule has 0 saturated carbocycles. The van der Waals surface area contributed by atoms with E-state index in [0.29, 0.717) is 12.8 Å². The first-order valence-corrected chi connectivity index (χ1v) is 7.69. The molecule has 0 spiro atoms. The highest BCUT2D eigenvalue weighted by Gasteiger charge is 2.45. The monoisotopic (exact) mass is 329 g/mol. The first-order chi connectivity index (χ1) is 17.0. The Bertz CT molecular complexity index is 1170. The van der Waals surface area contributed by atoms with Crippen molar-refractivity contribution in [2.75, 3.05) is 0 Å². The summed E-state index contributed by atoms with van der Waals surface area (Å²) < 4.78 is 133. The van der Waals surface area contributed by atoms with E-state index < -0.39 is 84.6 Å². The van der Waals surface area contributed by atoms with Crippen molar-refractivity contribution in [3.63, 3.8) is 0 Å². The predicted octanol–water partition coefficient (Wildman–Crippen LogP) is 5.74. The van der Waals surface area contributed by atoms with Crippen molar-refractivity contribution >= 4 is 0 Å². The van der Waals surface area contributed by atoms with Crippen LogP contribution in [0.1, 0.15) is 97.1 Å². The molecule has 1 aliphatic heterocycles. The second kappa shape index (κ2) is 6.22. The Labute approximate surface area is 161 Å². The molecule has 1 aromatic carbocycles. The fourth-order valence-electron chi connectivity index (χ4n) is 2.68. The first-order valence-electron chi connectivity index (χ1n) is 15.2. The fourth-order valence-corrected chi connectivity index (χ4v) is 2.68. The molecular formula is C21H30O2. The summed E-state index contributed by atoms with van der Waals surface area (Å²) in [5.74, 6) is -9.42. The molecule has 0 radical (unpaired) electrons. The summed E-state index contributed by atoms with van der Waals surface area (Å²) in [7, 11) is 0. The van der Waals surface area contributed by atoms with Gasteiger partial charge in [-0.1, -0.05) is 31.4 Å². The topological polar surface area (TPSA) is 29.5 Å². The number of phenols is 1. The SMILES string of the molecule is [2H]C1=C(C)C([2H])([2H])C([2H])([2H])[C@@]2([2H])C(C([2H])([2H])[2H])(C([2H])([2H])[2H])Oc3c([2H])c(CCCCC)c([2H])c(O)c3[C@]12[2H]. The number of unbranched alkanes of at least 4 members (excludes halogenated alkanes) is 2. The Morgan fingerprint density at radius 3 is 3.04 bits per heavy atom. The first kappa shape index (κ1) is 6.13. The van der Waals surface area contributed by atoms with E-state index in [4.69, 9.17) is 22.6 Å².